The van der Waals surface area contributed by atoms with E-state index in [9.17, 15) is 4.79 Å². The summed E-state index contributed by atoms with van der Waals surface area (Å²) < 4.78 is 0. The molecule has 1 saturated heterocycles. The van der Waals surface area contributed by atoms with Gasteiger partial charge in [-0.15, -0.1) is 6.58 Å². The van der Waals surface area contributed by atoms with Crippen LogP contribution < -0.4 is 5.48 Å². The first kappa shape index (κ1) is 14.2. The average molecular weight is 240 g/mol. The predicted octanol–water partition coefficient (Wildman–Crippen LogP) is 1.59. The predicted molar refractivity (Wildman–Crippen MR) is 68.3 cm³/mol. The Hall–Kier alpha value is -0.870. The van der Waals surface area contributed by atoms with E-state index in [2.05, 4.69) is 32.8 Å². The summed E-state index contributed by atoms with van der Waals surface area (Å²) >= 11 is 0. The first-order chi connectivity index (χ1) is 7.89. The minimum Gasteiger partial charge on any atom is -0.337 e. The second kappa shape index (κ2) is 5.65. The van der Waals surface area contributed by atoms with E-state index in [-0.39, 0.29) is 23.3 Å². The smallest absolute Gasteiger partial charge is 0.227 e. The molecule has 0 bridgehead atoms. The third-order valence-electron chi connectivity index (χ3n) is 2.98. The van der Waals surface area contributed by atoms with Gasteiger partial charge in [-0.25, -0.2) is 0 Å². The molecule has 1 heterocycles. The van der Waals surface area contributed by atoms with Crippen LogP contribution in [-0.4, -0.2) is 37.0 Å². The van der Waals surface area contributed by atoms with Crippen molar-refractivity contribution in [3.05, 3.63) is 12.7 Å². The fourth-order valence-corrected chi connectivity index (χ4v) is 2.34. The van der Waals surface area contributed by atoms with Gasteiger partial charge in [0.15, 0.2) is 0 Å². The SMILES string of the molecule is C=CCN1CC(NOC)C(CC(C)(C)C)C1=O. The maximum Gasteiger partial charge on any atom is 0.227 e. The zero-order valence-electron chi connectivity index (χ0n) is 11.3. The van der Waals surface area contributed by atoms with Crippen molar-refractivity contribution in [1.82, 2.24) is 10.4 Å². The number of nitrogens with one attached hydrogen (secondary N) is 1. The zero-order chi connectivity index (χ0) is 13.1. The fourth-order valence-electron chi connectivity index (χ4n) is 2.34. The van der Waals surface area contributed by atoms with Crippen molar-refractivity contribution < 1.29 is 9.63 Å². The van der Waals surface area contributed by atoms with Crippen LogP contribution in [-0.2, 0) is 9.63 Å². The number of hydroxylamine groups is 1. The second-order valence-corrected chi connectivity index (χ2v) is 5.83. The molecule has 1 rings (SSSR count). The highest BCUT2D eigenvalue weighted by molar-refractivity contribution is 5.82. The molecule has 0 aromatic carbocycles. The van der Waals surface area contributed by atoms with Crippen LogP contribution >= 0.6 is 0 Å². The highest BCUT2D eigenvalue weighted by Crippen LogP contribution is 2.31. The fraction of sp³-hybridized carbons (Fsp3) is 0.769. The number of carbonyl (C=O) groups excluding carboxylic acids is 1. The summed E-state index contributed by atoms with van der Waals surface area (Å²) in [6, 6.07) is 0.0756. The number of hydrogen-bond acceptors (Lipinski definition) is 3. The van der Waals surface area contributed by atoms with Crippen LogP contribution in [0.3, 0.4) is 0 Å². The molecule has 1 amide bonds. The maximum atomic E-state index is 12.2. The molecule has 0 aromatic heterocycles. The number of hydrogen-bond donors (Lipinski definition) is 1. The van der Waals surface area contributed by atoms with Gasteiger partial charge in [0.05, 0.1) is 19.1 Å². The molecule has 98 valence electrons. The monoisotopic (exact) mass is 240 g/mol. The summed E-state index contributed by atoms with van der Waals surface area (Å²) in [4.78, 5) is 19.1. The molecule has 0 aromatic rings. The van der Waals surface area contributed by atoms with E-state index >= 15 is 0 Å². The maximum absolute atomic E-state index is 12.2. The molecule has 4 heteroatoms. The van der Waals surface area contributed by atoms with Crippen molar-refractivity contribution in [3.63, 3.8) is 0 Å². The van der Waals surface area contributed by atoms with E-state index < -0.39 is 0 Å². The van der Waals surface area contributed by atoms with Crippen molar-refractivity contribution in [2.24, 2.45) is 11.3 Å². The van der Waals surface area contributed by atoms with Crippen molar-refractivity contribution in [2.75, 3.05) is 20.2 Å². The van der Waals surface area contributed by atoms with Crippen LogP contribution in [0, 0.1) is 11.3 Å². The van der Waals surface area contributed by atoms with Crippen LogP contribution in [0.4, 0.5) is 0 Å². The van der Waals surface area contributed by atoms with Crippen LogP contribution in [0.15, 0.2) is 12.7 Å². The summed E-state index contributed by atoms with van der Waals surface area (Å²) in [5.41, 5.74) is 3.08. The molecule has 0 aliphatic carbocycles. The molecule has 2 unspecified atom stereocenters. The van der Waals surface area contributed by atoms with Gasteiger partial charge in [-0.05, 0) is 11.8 Å². The van der Waals surface area contributed by atoms with E-state index in [1.54, 1.807) is 13.2 Å². The first-order valence-corrected chi connectivity index (χ1v) is 6.07. The van der Waals surface area contributed by atoms with Gasteiger partial charge in [-0.2, -0.15) is 5.48 Å². The average Bonchev–Trinajstić information content (AvgIpc) is 2.46. The Kier molecular flexibility index (Phi) is 4.71. The molecule has 1 fully saturated rings. The van der Waals surface area contributed by atoms with Crippen molar-refractivity contribution >= 4 is 5.91 Å². The Morgan fingerprint density at radius 3 is 2.71 bits per heavy atom. The molecule has 0 spiro atoms. The molecular weight excluding hydrogens is 216 g/mol. The Morgan fingerprint density at radius 1 is 1.59 bits per heavy atom. The topological polar surface area (TPSA) is 41.6 Å². The van der Waals surface area contributed by atoms with Gasteiger partial charge in [0.25, 0.3) is 0 Å². The van der Waals surface area contributed by atoms with Crippen LogP contribution in [0.1, 0.15) is 27.2 Å². The lowest BCUT2D eigenvalue weighted by Crippen LogP contribution is -2.37. The molecule has 0 radical (unpaired) electrons. The third kappa shape index (κ3) is 3.82. The summed E-state index contributed by atoms with van der Waals surface area (Å²) in [6.45, 7) is 11.4. The minimum atomic E-state index is -0.00472. The molecule has 2 atom stereocenters. The van der Waals surface area contributed by atoms with E-state index in [0.29, 0.717) is 13.1 Å². The lowest BCUT2D eigenvalue weighted by molar-refractivity contribution is -0.131. The molecule has 1 aliphatic heterocycles. The van der Waals surface area contributed by atoms with E-state index in [1.807, 2.05) is 4.90 Å². The Bertz CT molecular complexity index is 284. The molecule has 1 N–H and O–H groups in total. The first-order valence-electron chi connectivity index (χ1n) is 6.07. The zero-order valence-corrected chi connectivity index (χ0v) is 11.3. The standard InChI is InChI=1S/C13H24N2O2/c1-6-7-15-9-11(14-17-5)10(12(15)16)8-13(2,3)4/h6,10-11,14H,1,7-9H2,2-5H3. The Balaban J connectivity index is 2.75. The summed E-state index contributed by atoms with van der Waals surface area (Å²) in [6.07, 6.45) is 2.63. The van der Waals surface area contributed by atoms with Gasteiger partial charge >= 0.3 is 0 Å². The van der Waals surface area contributed by atoms with Crippen molar-refractivity contribution in [1.29, 1.82) is 0 Å². The highest BCUT2D eigenvalue weighted by atomic mass is 16.6. The van der Waals surface area contributed by atoms with E-state index in [1.165, 1.54) is 0 Å². The number of carbonyl (C=O) groups is 1. The Morgan fingerprint density at radius 2 is 2.24 bits per heavy atom. The van der Waals surface area contributed by atoms with Gasteiger partial charge in [-0.3, -0.25) is 4.79 Å². The summed E-state index contributed by atoms with van der Waals surface area (Å²) in [5, 5.41) is 0. The lowest BCUT2D eigenvalue weighted by atomic mass is 9.82. The third-order valence-corrected chi connectivity index (χ3v) is 2.98. The second-order valence-electron chi connectivity index (χ2n) is 5.83. The molecule has 0 saturated carbocycles. The number of nitrogens with zero attached hydrogens (tertiary/aromatic N) is 1. The van der Waals surface area contributed by atoms with E-state index in [0.717, 1.165) is 6.42 Å². The largest absolute Gasteiger partial charge is 0.337 e. The summed E-state index contributed by atoms with van der Waals surface area (Å²) in [7, 11) is 1.59. The molecule has 1 aliphatic rings. The van der Waals surface area contributed by atoms with Crippen molar-refractivity contribution in [3.8, 4) is 0 Å². The normalized spacial score (nSPS) is 25.4. The van der Waals surface area contributed by atoms with Gasteiger partial charge in [0.2, 0.25) is 5.91 Å². The van der Waals surface area contributed by atoms with Gasteiger partial charge in [-0.1, -0.05) is 26.8 Å². The summed E-state index contributed by atoms with van der Waals surface area (Å²) in [5.74, 6) is 0.198. The minimum absolute atomic E-state index is 0.00472. The van der Waals surface area contributed by atoms with Crippen LogP contribution in [0.25, 0.3) is 0 Å². The number of likely N-dealkylation sites (tertiary alicyclic amines) is 1. The van der Waals surface area contributed by atoms with Gasteiger partial charge < -0.3 is 9.74 Å². The molecule has 4 nitrogen and oxygen atoms in total. The lowest BCUT2D eigenvalue weighted by Gasteiger charge is -2.25. The molecular formula is C13H24N2O2. The van der Waals surface area contributed by atoms with Gasteiger partial charge in [0.1, 0.15) is 0 Å². The van der Waals surface area contributed by atoms with E-state index in [4.69, 9.17) is 4.84 Å². The van der Waals surface area contributed by atoms with Crippen LogP contribution in [0.5, 0.6) is 0 Å². The highest BCUT2D eigenvalue weighted by Gasteiger charge is 2.41. The van der Waals surface area contributed by atoms with Gasteiger partial charge in [0, 0.05) is 13.1 Å². The van der Waals surface area contributed by atoms with Crippen molar-refractivity contribution in [2.45, 2.75) is 33.2 Å². The van der Waals surface area contributed by atoms with Crippen LogP contribution in [0.2, 0.25) is 0 Å². The molecule has 17 heavy (non-hydrogen) atoms. The number of rotatable bonds is 5. The Labute approximate surface area is 104 Å². The quantitative estimate of drug-likeness (QED) is 0.586. The number of amides is 1.